The van der Waals surface area contributed by atoms with Gasteiger partial charge in [0.25, 0.3) is 0 Å². The zero-order valence-electron chi connectivity index (χ0n) is 18.9. The van der Waals surface area contributed by atoms with Crippen molar-refractivity contribution in [3.8, 4) is 11.5 Å². The molecule has 6 nitrogen and oxygen atoms in total. The van der Waals surface area contributed by atoms with Crippen LogP contribution in [0.5, 0.6) is 11.5 Å². The number of benzene rings is 2. The first-order valence-electron chi connectivity index (χ1n) is 11.0. The van der Waals surface area contributed by atoms with Crippen LogP contribution in [-0.2, 0) is 6.54 Å². The Balaban J connectivity index is 1.39. The summed E-state index contributed by atoms with van der Waals surface area (Å²) < 4.78 is 10.9. The second-order valence-corrected chi connectivity index (χ2v) is 8.55. The summed E-state index contributed by atoms with van der Waals surface area (Å²) in [5, 5.41) is 1.02. The predicted octanol–water partition coefficient (Wildman–Crippen LogP) is 1.05. The smallest absolute Gasteiger partial charge is 0.221 e. The van der Waals surface area contributed by atoms with Gasteiger partial charge in [0, 0.05) is 28.2 Å². The van der Waals surface area contributed by atoms with Crippen LogP contribution in [0.25, 0.3) is 10.9 Å². The summed E-state index contributed by atoms with van der Waals surface area (Å²) in [6, 6.07) is 12.1. The highest BCUT2D eigenvalue weighted by Crippen LogP contribution is 2.29. The third-order valence-electron chi connectivity index (χ3n) is 6.74. The van der Waals surface area contributed by atoms with Crippen molar-refractivity contribution in [1.29, 1.82) is 0 Å². The third-order valence-corrected chi connectivity index (χ3v) is 6.74. The Kier molecular flexibility index (Phi) is 6.30. The molecule has 4 rings (SSSR count). The SMILES string of the molecule is COc1cc(C)c(C[NH+]2CC[NH+]([C@@H](C)C(=O)c3c[nH]c4ccccc34)CC2)cc1OC. The fraction of sp³-hybridized carbons (Fsp3) is 0.400. The number of carbonyl (C=O) groups excluding carboxylic acids is 1. The molecule has 1 fully saturated rings. The van der Waals surface area contributed by atoms with Gasteiger partial charge in [-0.05, 0) is 37.6 Å². The minimum atomic E-state index is -0.0384. The van der Waals surface area contributed by atoms with E-state index in [0.29, 0.717) is 0 Å². The van der Waals surface area contributed by atoms with Gasteiger partial charge in [0.2, 0.25) is 5.78 Å². The van der Waals surface area contributed by atoms with Gasteiger partial charge in [-0.3, -0.25) is 4.79 Å². The van der Waals surface area contributed by atoms with E-state index in [4.69, 9.17) is 9.47 Å². The second kappa shape index (κ2) is 9.12. The average molecular weight is 424 g/mol. The minimum absolute atomic E-state index is 0.0384. The Bertz CT molecular complexity index is 1070. The van der Waals surface area contributed by atoms with Gasteiger partial charge in [0.15, 0.2) is 11.5 Å². The van der Waals surface area contributed by atoms with Crippen LogP contribution in [0.2, 0.25) is 0 Å². The Labute approximate surface area is 183 Å². The highest BCUT2D eigenvalue weighted by Gasteiger charge is 2.32. The molecule has 1 aromatic heterocycles. The molecule has 0 aliphatic carbocycles. The Morgan fingerprint density at radius 3 is 2.45 bits per heavy atom. The predicted molar refractivity (Wildman–Crippen MR) is 121 cm³/mol. The van der Waals surface area contributed by atoms with Crippen LogP contribution >= 0.6 is 0 Å². The number of aromatic amines is 1. The van der Waals surface area contributed by atoms with Crippen LogP contribution in [0, 0.1) is 6.92 Å². The van der Waals surface area contributed by atoms with E-state index >= 15 is 0 Å². The minimum Gasteiger partial charge on any atom is -0.493 e. The number of ether oxygens (including phenoxy) is 2. The summed E-state index contributed by atoms with van der Waals surface area (Å²) in [6.45, 7) is 9.25. The first kappa shape index (κ1) is 21.4. The van der Waals surface area contributed by atoms with Gasteiger partial charge in [-0.2, -0.15) is 0 Å². The molecule has 3 N–H and O–H groups in total. The van der Waals surface area contributed by atoms with Crippen LogP contribution in [0.1, 0.15) is 28.4 Å². The zero-order chi connectivity index (χ0) is 22.0. The van der Waals surface area contributed by atoms with Crippen molar-refractivity contribution in [3.63, 3.8) is 0 Å². The lowest BCUT2D eigenvalue weighted by Crippen LogP contribution is -3.29. The maximum absolute atomic E-state index is 13.2. The van der Waals surface area contributed by atoms with E-state index in [1.807, 2.05) is 30.5 Å². The van der Waals surface area contributed by atoms with E-state index in [1.165, 1.54) is 16.0 Å². The summed E-state index contributed by atoms with van der Waals surface area (Å²) in [4.78, 5) is 19.3. The fourth-order valence-electron chi connectivity index (χ4n) is 4.71. The van der Waals surface area contributed by atoms with Crippen molar-refractivity contribution in [2.75, 3.05) is 40.4 Å². The average Bonchev–Trinajstić information content (AvgIpc) is 3.23. The molecule has 0 amide bonds. The number of fused-ring (bicyclic) bond motifs is 1. The van der Waals surface area contributed by atoms with Gasteiger partial charge in [-0.15, -0.1) is 0 Å². The molecule has 1 atom stereocenters. The number of nitrogens with one attached hydrogen (secondary N) is 3. The van der Waals surface area contributed by atoms with E-state index < -0.39 is 0 Å². The van der Waals surface area contributed by atoms with E-state index in [0.717, 1.165) is 60.7 Å². The molecule has 0 unspecified atom stereocenters. The number of methoxy groups -OCH3 is 2. The number of para-hydroxylation sites is 1. The van der Waals surface area contributed by atoms with Gasteiger partial charge in [0.05, 0.1) is 14.2 Å². The quantitative estimate of drug-likeness (QED) is 0.498. The van der Waals surface area contributed by atoms with E-state index in [1.54, 1.807) is 19.1 Å². The first-order chi connectivity index (χ1) is 15.0. The maximum Gasteiger partial charge on any atom is 0.221 e. The number of hydrogen-bond acceptors (Lipinski definition) is 3. The lowest BCUT2D eigenvalue weighted by Gasteiger charge is -2.33. The Hall–Kier alpha value is -2.83. The summed E-state index contributed by atoms with van der Waals surface area (Å²) in [5.74, 6) is 1.79. The molecule has 1 aliphatic rings. The molecule has 2 heterocycles. The summed E-state index contributed by atoms with van der Waals surface area (Å²) in [5.41, 5.74) is 4.35. The van der Waals surface area contributed by atoms with Crippen LogP contribution in [0.3, 0.4) is 0 Å². The third kappa shape index (κ3) is 4.31. The Morgan fingerprint density at radius 2 is 1.74 bits per heavy atom. The molecule has 0 saturated carbocycles. The summed E-state index contributed by atoms with van der Waals surface area (Å²) in [6.07, 6.45) is 1.87. The van der Waals surface area contributed by atoms with Crippen molar-refractivity contribution < 1.29 is 24.1 Å². The first-order valence-corrected chi connectivity index (χ1v) is 11.0. The number of piperazine rings is 1. The molecule has 164 valence electrons. The number of carbonyl (C=O) groups is 1. The lowest BCUT2D eigenvalue weighted by atomic mass is 10.0. The highest BCUT2D eigenvalue weighted by atomic mass is 16.5. The number of aromatic nitrogens is 1. The van der Waals surface area contributed by atoms with Crippen LogP contribution in [0.15, 0.2) is 42.6 Å². The van der Waals surface area contributed by atoms with Crippen molar-refractivity contribution in [3.05, 3.63) is 59.3 Å². The van der Waals surface area contributed by atoms with Crippen molar-refractivity contribution in [2.24, 2.45) is 0 Å². The highest BCUT2D eigenvalue weighted by molar-refractivity contribution is 6.09. The molecule has 1 saturated heterocycles. The van der Waals surface area contributed by atoms with E-state index in [9.17, 15) is 4.79 Å². The molecule has 2 aromatic carbocycles. The monoisotopic (exact) mass is 423 g/mol. The number of H-pyrrole nitrogens is 1. The lowest BCUT2D eigenvalue weighted by molar-refractivity contribution is -1.02. The summed E-state index contributed by atoms with van der Waals surface area (Å²) >= 11 is 0. The second-order valence-electron chi connectivity index (χ2n) is 8.55. The van der Waals surface area contributed by atoms with Crippen molar-refractivity contribution in [2.45, 2.75) is 26.4 Å². The van der Waals surface area contributed by atoms with Crippen LogP contribution in [0.4, 0.5) is 0 Å². The van der Waals surface area contributed by atoms with Gasteiger partial charge >= 0.3 is 0 Å². The summed E-state index contributed by atoms with van der Waals surface area (Å²) in [7, 11) is 3.35. The topological polar surface area (TPSA) is 60.2 Å². The van der Waals surface area contributed by atoms with Crippen LogP contribution in [-0.4, -0.2) is 57.2 Å². The molecule has 31 heavy (non-hydrogen) atoms. The van der Waals surface area contributed by atoms with Crippen molar-refractivity contribution in [1.82, 2.24) is 4.98 Å². The molecule has 0 radical (unpaired) electrons. The van der Waals surface area contributed by atoms with Gasteiger partial charge in [-0.1, -0.05) is 18.2 Å². The molecule has 6 heteroatoms. The van der Waals surface area contributed by atoms with Gasteiger partial charge in [-0.25, -0.2) is 0 Å². The number of rotatable bonds is 7. The molecular formula is C25H33N3O3+2. The number of quaternary nitrogens is 2. The fourth-order valence-corrected chi connectivity index (χ4v) is 4.71. The zero-order valence-corrected chi connectivity index (χ0v) is 18.9. The molecule has 3 aromatic rings. The normalized spacial score (nSPS) is 19.9. The van der Waals surface area contributed by atoms with Crippen LogP contribution < -0.4 is 19.3 Å². The molecule has 1 aliphatic heterocycles. The molecule has 0 spiro atoms. The van der Waals surface area contributed by atoms with E-state index in [2.05, 4.69) is 31.0 Å². The van der Waals surface area contributed by atoms with E-state index in [-0.39, 0.29) is 11.8 Å². The number of hydrogen-bond donors (Lipinski definition) is 3. The molecule has 0 bridgehead atoms. The van der Waals surface area contributed by atoms with Gasteiger partial charge < -0.3 is 24.3 Å². The molecular weight excluding hydrogens is 390 g/mol. The largest absolute Gasteiger partial charge is 0.493 e. The number of aryl methyl sites for hydroxylation is 1. The van der Waals surface area contributed by atoms with Gasteiger partial charge in [0.1, 0.15) is 38.8 Å². The maximum atomic E-state index is 13.2. The standard InChI is InChI=1S/C25H31N3O3/c1-17-13-23(30-3)24(31-4)14-19(17)16-27-9-11-28(12-10-27)18(2)25(29)21-15-26-22-8-6-5-7-20(21)22/h5-8,13-15,18,26H,9-12,16H2,1-4H3/p+2/t18-/m0/s1. The number of Topliss-reactive ketones (excluding diaryl/α,β-unsaturated/α-hetero) is 1. The van der Waals surface area contributed by atoms with Crippen molar-refractivity contribution >= 4 is 16.7 Å². The Morgan fingerprint density at radius 1 is 1.06 bits per heavy atom. The number of ketones is 1.